The Labute approximate surface area is 182 Å². The van der Waals surface area contributed by atoms with Crippen molar-refractivity contribution < 1.29 is 8.42 Å². The molecule has 0 radical (unpaired) electrons. The Morgan fingerprint density at radius 2 is 1.74 bits per heavy atom. The van der Waals surface area contributed by atoms with Gasteiger partial charge in [0.25, 0.3) is 0 Å². The zero-order valence-corrected chi connectivity index (χ0v) is 18.3. The van der Waals surface area contributed by atoms with Gasteiger partial charge in [0.15, 0.2) is 0 Å². The molecule has 5 nitrogen and oxygen atoms in total. The van der Waals surface area contributed by atoms with E-state index in [0.717, 1.165) is 47.2 Å². The van der Waals surface area contributed by atoms with Crippen LogP contribution in [0.15, 0.2) is 77.7 Å². The summed E-state index contributed by atoms with van der Waals surface area (Å²) in [5, 5.41) is 0. The molecule has 1 aromatic heterocycles. The summed E-state index contributed by atoms with van der Waals surface area (Å²) in [6.45, 7) is 2.64. The molecular formula is C25H25N3O2S. The molecule has 1 aliphatic carbocycles. The van der Waals surface area contributed by atoms with E-state index in [9.17, 15) is 8.42 Å². The number of aryl methyl sites for hydroxylation is 2. The average Bonchev–Trinajstić information content (AvgIpc) is 3.09. The molecule has 1 aliphatic rings. The Kier molecular flexibility index (Phi) is 5.12. The number of aromatic nitrogens is 2. The number of fused-ring (bicyclic) bond motifs is 2. The van der Waals surface area contributed by atoms with Crippen LogP contribution >= 0.6 is 0 Å². The zero-order valence-electron chi connectivity index (χ0n) is 17.5. The Bertz CT molecular complexity index is 1340. The molecule has 0 amide bonds. The lowest BCUT2D eigenvalue weighted by Crippen LogP contribution is -2.31. The molecule has 4 aromatic rings. The van der Waals surface area contributed by atoms with Crippen LogP contribution in [0, 0.1) is 6.92 Å². The fourth-order valence-electron chi connectivity index (χ4n) is 4.48. The number of rotatable bonds is 5. The van der Waals surface area contributed by atoms with Crippen LogP contribution in [0.2, 0.25) is 0 Å². The monoisotopic (exact) mass is 431 g/mol. The number of para-hydroxylation sites is 2. The van der Waals surface area contributed by atoms with E-state index in [1.54, 1.807) is 12.1 Å². The largest absolute Gasteiger partial charge is 0.324 e. The van der Waals surface area contributed by atoms with Gasteiger partial charge in [-0.1, -0.05) is 48.5 Å². The maximum Gasteiger partial charge on any atom is 0.241 e. The number of benzene rings is 3. The summed E-state index contributed by atoms with van der Waals surface area (Å²) in [6.07, 6.45) is 2.81. The fourth-order valence-corrected chi connectivity index (χ4v) is 5.73. The Hall–Kier alpha value is -2.96. The lowest BCUT2D eigenvalue weighted by molar-refractivity contribution is 0.507. The smallest absolute Gasteiger partial charge is 0.241 e. The normalized spacial score (nSPS) is 16.4. The Morgan fingerprint density at radius 3 is 2.58 bits per heavy atom. The van der Waals surface area contributed by atoms with Crippen LogP contribution in [0.5, 0.6) is 0 Å². The predicted molar refractivity (Wildman–Crippen MR) is 122 cm³/mol. The summed E-state index contributed by atoms with van der Waals surface area (Å²) in [5.74, 6) is 0.940. The van der Waals surface area contributed by atoms with Gasteiger partial charge in [-0.3, -0.25) is 0 Å². The van der Waals surface area contributed by atoms with Crippen LogP contribution in [-0.2, 0) is 23.0 Å². The van der Waals surface area contributed by atoms with Gasteiger partial charge in [-0.25, -0.2) is 18.1 Å². The molecular weight excluding hydrogens is 406 g/mol. The van der Waals surface area contributed by atoms with Gasteiger partial charge in [0, 0.05) is 12.6 Å². The average molecular weight is 432 g/mol. The van der Waals surface area contributed by atoms with E-state index < -0.39 is 10.0 Å². The van der Waals surface area contributed by atoms with Crippen molar-refractivity contribution in [2.45, 2.75) is 43.7 Å². The Balaban J connectivity index is 1.37. The minimum Gasteiger partial charge on any atom is -0.324 e. The first-order chi connectivity index (χ1) is 15.0. The third kappa shape index (κ3) is 3.89. The molecule has 0 bridgehead atoms. The second kappa shape index (κ2) is 7.94. The van der Waals surface area contributed by atoms with E-state index in [1.807, 2.05) is 55.5 Å². The highest BCUT2D eigenvalue weighted by atomic mass is 32.2. The van der Waals surface area contributed by atoms with E-state index in [2.05, 4.69) is 26.4 Å². The van der Waals surface area contributed by atoms with Crippen molar-refractivity contribution in [2.75, 3.05) is 0 Å². The first-order valence-corrected chi connectivity index (χ1v) is 12.1. The summed E-state index contributed by atoms with van der Waals surface area (Å²) in [7, 11) is -3.59. The molecule has 0 fully saturated rings. The van der Waals surface area contributed by atoms with Gasteiger partial charge in [-0.2, -0.15) is 0 Å². The van der Waals surface area contributed by atoms with Gasteiger partial charge in [0.2, 0.25) is 10.0 Å². The van der Waals surface area contributed by atoms with Gasteiger partial charge in [-0.15, -0.1) is 0 Å². The van der Waals surface area contributed by atoms with Gasteiger partial charge in [0.1, 0.15) is 5.82 Å². The van der Waals surface area contributed by atoms with Gasteiger partial charge < -0.3 is 4.57 Å². The van der Waals surface area contributed by atoms with Gasteiger partial charge >= 0.3 is 0 Å². The second-order valence-electron chi connectivity index (χ2n) is 8.14. The van der Waals surface area contributed by atoms with Crippen LogP contribution in [0.4, 0.5) is 0 Å². The molecule has 1 atom stereocenters. The first-order valence-electron chi connectivity index (χ1n) is 10.6. The van der Waals surface area contributed by atoms with Crippen molar-refractivity contribution in [2.24, 2.45) is 0 Å². The number of nitrogens with one attached hydrogen (secondary N) is 1. The molecule has 0 spiro atoms. The number of hydrogen-bond donors (Lipinski definition) is 1. The van der Waals surface area contributed by atoms with Crippen LogP contribution in [0.25, 0.3) is 11.0 Å². The quantitative estimate of drug-likeness (QED) is 0.496. The lowest BCUT2D eigenvalue weighted by Gasteiger charge is -2.26. The SMILES string of the molecule is Cc1nc2ccccc2n1Cc1ccc(S(=O)(=O)NC2CCCc3ccccc32)cc1. The summed E-state index contributed by atoms with van der Waals surface area (Å²) in [5.41, 5.74) is 5.41. The first kappa shape index (κ1) is 20.0. The van der Waals surface area contributed by atoms with Crippen molar-refractivity contribution in [3.63, 3.8) is 0 Å². The Morgan fingerprint density at radius 1 is 1.00 bits per heavy atom. The highest BCUT2D eigenvalue weighted by molar-refractivity contribution is 7.89. The molecule has 0 aliphatic heterocycles. The van der Waals surface area contributed by atoms with Crippen molar-refractivity contribution in [3.8, 4) is 0 Å². The topological polar surface area (TPSA) is 64.0 Å². The zero-order chi connectivity index (χ0) is 21.4. The molecule has 6 heteroatoms. The van der Waals surface area contributed by atoms with E-state index in [1.165, 1.54) is 5.56 Å². The molecule has 1 heterocycles. The van der Waals surface area contributed by atoms with Crippen LogP contribution in [-0.4, -0.2) is 18.0 Å². The third-order valence-corrected chi connectivity index (χ3v) is 7.57. The maximum atomic E-state index is 13.0. The molecule has 31 heavy (non-hydrogen) atoms. The van der Waals surface area contributed by atoms with E-state index in [-0.39, 0.29) is 6.04 Å². The summed E-state index contributed by atoms with van der Waals surface area (Å²) >= 11 is 0. The maximum absolute atomic E-state index is 13.0. The highest BCUT2D eigenvalue weighted by Gasteiger charge is 2.25. The molecule has 1 N–H and O–H groups in total. The van der Waals surface area contributed by atoms with Gasteiger partial charge in [-0.05, 0) is 67.1 Å². The standard InChI is InChI=1S/C25H25N3O2S/c1-18-26-24-10-4-5-12-25(24)28(18)17-19-13-15-21(16-14-19)31(29,30)27-23-11-6-8-20-7-2-3-9-22(20)23/h2-5,7,9-10,12-16,23,27H,6,8,11,17H2,1H3. The predicted octanol–water partition coefficient (Wildman–Crippen LogP) is 4.75. The second-order valence-corrected chi connectivity index (χ2v) is 9.86. The molecule has 3 aromatic carbocycles. The number of imidazole rings is 1. The molecule has 1 unspecified atom stereocenters. The number of hydrogen-bond acceptors (Lipinski definition) is 3. The molecule has 5 rings (SSSR count). The minimum atomic E-state index is -3.59. The summed E-state index contributed by atoms with van der Waals surface area (Å²) in [6, 6.07) is 23.1. The van der Waals surface area contributed by atoms with Crippen molar-refractivity contribution in [3.05, 3.63) is 95.3 Å². The molecule has 0 saturated heterocycles. The van der Waals surface area contributed by atoms with E-state index in [0.29, 0.717) is 11.4 Å². The summed E-state index contributed by atoms with van der Waals surface area (Å²) < 4.78 is 31.2. The fraction of sp³-hybridized carbons (Fsp3) is 0.240. The van der Waals surface area contributed by atoms with Crippen LogP contribution in [0.3, 0.4) is 0 Å². The van der Waals surface area contributed by atoms with Crippen LogP contribution in [0.1, 0.15) is 41.4 Å². The number of sulfonamides is 1. The molecule has 158 valence electrons. The molecule has 0 saturated carbocycles. The van der Waals surface area contributed by atoms with E-state index >= 15 is 0 Å². The van der Waals surface area contributed by atoms with Crippen molar-refractivity contribution in [1.29, 1.82) is 0 Å². The van der Waals surface area contributed by atoms with Crippen LogP contribution < -0.4 is 4.72 Å². The van der Waals surface area contributed by atoms with Gasteiger partial charge in [0.05, 0.1) is 15.9 Å². The van der Waals surface area contributed by atoms with E-state index in [4.69, 9.17) is 0 Å². The summed E-state index contributed by atoms with van der Waals surface area (Å²) in [4.78, 5) is 4.90. The highest BCUT2D eigenvalue weighted by Crippen LogP contribution is 2.31. The van der Waals surface area contributed by atoms with Crippen molar-refractivity contribution in [1.82, 2.24) is 14.3 Å². The van der Waals surface area contributed by atoms with Crippen molar-refractivity contribution >= 4 is 21.1 Å². The third-order valence-electron chi connectivity index (χ3n) is 6.09. The minimum absolute atomic E-state index is 0.172. The number of nitrogens with zero attached hydrogens (tertiary/aromatic N) is 2. The lowest BCUT2D eigenvalue weighted by atomic mass is 9.88.